The van der Waals surface area contributed by atoms with Crippen LogP contribution in [0.5, 0.6) is 0 Å². The first-order valence-electron chi connectivity index (χ1n) is 7.98. The van der Waals surface area contributed by atoms with Crippen LogP contribution in [0.2, 0.25) is 0 Å². The fourth-order valence-electron chi connectivity index (χ4n) is 2.90. The van der Waals surface area contributed by atoms with Crippen molar-refractivity contribution in [1.29, 1.82) is 0 Å². The van der Waals surface area contributed by atoms with Gasteiger partial charge in [0, 0.05) is 17.8 Å². The van der Waals surface area contributed by atoms with Crippen LogP contribution in [-0.4, -0.2) is 28.8 Å². The number of nitrogens with zero attached hydrogens (tertiary/aromatic N) is 1. The summed E-state index contributed by atoms with van der Waals surface area (Å²) in [6, 6.07) is 6.80. The number of hydrogen-bond donors (Lipinski definition) is 2. The molecule has 0 aliphatic heterocycles. The van der Waals surface area contributed by atoms with Crippen molar-refractivity contribution in [3.63, 3.8) is 0 Å². The molecule has 0 saturated heterocycles. The van der Waals surface area contributed by atoms with Gasteiger partial charge in [-0.05, 0) is 58.2 Å². The summed E-state index contributed by atoms with van der Waals surface area (Å²) in [6.07, 6.45) is 2.61. The van der Waals surface area contributed by atoms with E-state index in [0.717, 1.165) is 30.5 Å². The van der Waals surface area contributed by atoms with Crippen LogP contribution in [0.15, 0.2) is 23.7 Å². The Hall–Kier alpha value is -1.82. The molecule has 0 radical (unpaired) electrons. The topological polar surface area (TPSA) is 63.2 Å². The van der Waals surface area contributed by atoms with Gasteiger partial charge in [-0.3, -0.25) is 0 Å². The molecule has 6 heteroatoms. The predicted octanol–water partition coefficient (Wildman–Crippen LogP) is 4.15. The van der Waals surface area contributed by atoms with Crippen LogP contribution >= 0.6 is 11.3 Å². The number of hydrogen-bond acceptors (Lipinski definition) is 5. The number of anilines is 1. The van der Waals surface area contributed by atoms with Crippen molar-refractivity contribution >= 4 is 33.3 Å². The average Bonchev–Trinajstić information content (AvgIpc) is 3.05. The third kappa shape index (κ3) is 4.34. The van der Waals surface area contributed by atoms with E-state index < -0.39 is 5.60 Å². The summed E-state index contributed by atoms with van der Waals surface area (Å²) in [5.41, 5.74) is 3.57. The van der Waals surface area contributed by atoms with Crippen molar-refractivity contribution < 1.29 is 9.53 Å². The summed E-state index contributed by atoms with van der Waals surface area (Å²) in [5.74, 6) is 0. The molecule has 1 saturated carbocycles. The fourth-order valence-corrected chi connectivity index (χ4v) is 3.61. The molecule has 2 aromatic rings. The smallest absolute Gasteiger partial charge is 0.407 e. The summed E-state index contributed by atoms with van der Waals surface area (Å²) >= 11 is 1.65. The number of aromatic nitrogens is 1. The van der Waals surface area contributed by atoms with E-state index in [1.807, 2.05) is 32.3 Å². The summed E-state index contributed by atoms with van der Waals surface area (Å²) in [5, 5.41) is 6.53. The van der Waals surface area contributed by atoms with Crippen LogP contribution in [0.1, 0.15) is 40.0 Å². The molecule has 124 valence electrons. The van der Waals surface area contributed by atoms with Crippen LogP contribution < -0.4 is 10.6 Å². The molecular formula is C17H23N3O2S. The van der Waals surface area contributed by atoms with Gasteiger partial charge in [-0.25, -0.2) is 9.78 Å². The van der Waals surface area contributed by atoms with Crippen LogP contribution in [0, 0.1) is 0 Å². The molecule has 2 unspecified atom stereocenters. The maximum absolute atomic E-state index is 11.8. The molecule has 0 spiro atoms. The molecular weight excluding hydrogens is 310 g/mol. The van der Waals surface area contributed by atoms with Crippen molar-refractivity contribution in [3.8, 4) is 0 Å². The molecule has 23 heavy (non-hydrogen) atoms. The molecule has 1 aromatic heterocycles. The second-order valence-electron chi connectivity index (χ2n) is 7.03. The molecule has 1 aliphatic carbocycles. The van der Waals surface area contributed by atoms with Gasteiger partial charge in [-0.1, -0.05) is 0 Å². The third-order valence-corrected chi connectivity index (χ3v) is 4.65. The van der Waals surface area contributed by atoms with Gasteiger partial charge >= 0.3 is 6.09 Å². The number of fused-ring (bicyclic) bond motifs is 1. The van der Waals surface area contributed by atoms with Crippen LogP contribution in [0.3, 0.4) is 0 Å². The lowest BCUT2D eigenvalue weighted by Gasteiger charge is -2.22. The minimum atomic E-state index is -0.454. The SMILES string of the molecule is CC(C)(C)OC(=O)NC1CCC(Nc2ccc3ncsc3c2)C1. The van der Waals surface area contributed by atoms with E-state index in [1.54, 1.807) is 11.3 Å². The zero-order valence-electron chi connectivity index (χ0n) is 13.8. The van der Waals surface area contributed by atoms with E-state index in [0.29, 0.717) is 6.04 Å². The Morgan fingerprint density at radius 2 is 2.09 bits per heavy atom. The second kappa shape index (κ2) is 6.35. The van der Waals surface area contributed by atoms with Gasteiger partial charge in [-0.2, -0.15) is 0 Å². The molecule has 5 nitrogen and oxygen atoms in total. The lowest BCUT2D eigenvalue weighted by atomic mass is 10.2. The molecule has 1 aromatic carbocycles. The Balaban J connectivity index is 1.52. The van der Waals surface area contributed by atoms with Gasteiger partial charge in [0.2, 0.25) is 0 Å². The van der Waals surface area contributed by atoms with E-state index in [9.17, 15) is 4.79 Å². The highest BCUT2D eigenvalue weighted by Gasteiger charge is 2.27. The number of ether oxygens (including phenoxy) is 1. The maximum atomic E-state index is 11.8. The molecule has 2 N–H and O–H groups in total. The summed E-state index contributed by atoms with van der Waals surface area (Å²) in [6.45, 7) is 5.63. The number of rotatable bonds is 3. The number of alkyl carbamates (subject to hydrolysis) is 1. The molecule has 1 aliphatic rings. The number of benzene rings is 1. The number of thiazole rings is 1. The lowest BCUT2D eigenvalue weighted by molar-refractivity contribution is 0.0505. The Morgan fingerprint density at radius 3 is 2.87 bits per heavy atom. The molecule has 1 amide bonds. The van der Waals surface area contributed by atoms with Crippen molar-refractivity contribution in [3.05, 3.63) is 23.7 Å². The number of carbonyl (C=O) groups is 1. The van der Waals surface area contributed by atoms with Crippen molar-refractivity contribution in [2.75, 3.05) is 5.32 Å². The minimum absolute atomic E-state index is 0.175. The average molecular weight is 333 g/mol. The molecule has 0 bridgehead atoms. The van der Waals surface area contributed by atoms with Gasteiger partial charge in [0.15, 0.2) is 0 Å². The lowest BCUT2D eigenvalue weighted by Crippen LogP contribution is -2.38. The Bertz CT molecular complexity index is 692. The minimum Gasteiger partial charge on any atom is -0.444 e. The monoisotopic (exact) mass is 333 g/mol. The first-order valence-corrected chi connectivity index (χ1v) is 8.86. The van der Waals surface area contributed by atoms with Crippen molar-refractivity contribution in [2.45, 2.75) is 57.7 Å². The summed E-state index contributed by atoms with van der Waals surface area (Å²) in [4.78, 5) is 16.1. The van der Waals surface area contributed by atoms with Crippen molar-refractivity contribution in [1.82, 2.24) is 10.3 Å². The van der Waals surface area contributed by atoms with Gasteiger partial charge in [0.25, 0.3) is 0 Å². The van der Waals surface area contributed by atoms with Gasteiger partial charge < -0.3 is 15.4 Å². The highest BCUT2D eigenvalue weighted by molar-refractivity contribution is 7.16. The number of nitrogens with one attached hydrogen (secondary N) is 2. The Morgan fingerprint density at radius 1 is 1.30 bits per heavy atom. The van der Waals surface area contributed by atoms with E-state index in [2.05, 4.69) is 27.8 Å². The molecule has 3 rings (SSSR count). The highest BCUT2D eigenvalue weighted by Crippen LogP contribution is 2.26. The standard InChI is InChI=1S/C17H23N3O2S/c1-17(2,3)22-16(21)20-12-5-4-11(8-12)19-13-6-7-14-15(9-13)23-10-18-14/h6-7,9-12,19H,4-5,8H2,1-3H3,(H,20,21). The van der Waals surface area contributed by atoms with E-state index in [4.69, 9.17) is 4.74 Å². The van der Waals surface area contributed by atoms with Gasteiger partial charge in [0.1, 0.15) is 5.60 Å². The van der Waals surface area contributed by atoms with E-state index >= 15 is 0 Å². The fraction of sp³-hybridized carbons (Fsp3) is 0.529. The second-order valence-corrected chi connectivity index (χ2v) is 7.92. The van der Waals surface area contributed by atoms with Gasteiger partial charge in [-0.15, -0.1) is 11.3 Å². The number of carbonyl (C=O) groups excluding carboxylic acids is 1. The van der Waals surface area contributed by atoms with Crippen LogP contribution in [0.25, 0.3) is 10.2 Å². The van der Waals surface area contributed by atoms with Gasteiger partial charge in [0.05, 0.1) is 15.7 Å². The first-order chi connectivity index (χ1) is 10.9. The predicted molar refractivity (Wildman–Crippen MR) is 94.0 cm³/mol. The zero-order valence-corrected chi connectivity index (χ0v) is 14.6. The van der Waals surface area contributed by atoms with Crippen LogP contribution in [-0.2, 0) is 4.74 Å². The zero-order chi connectivity index (χ0) is 16.4. The normalized spacial score (nSPS) is 21.3. The van der Waals surface area contributed by atoms with Crippen molar-refractivity contribution in [2.24, 2.45) is 0 Å². The van der Waals surface area contributed by atoms with E-state index in [1.165, 1.54) is 4.70 Å². The largest absolute Gasteiger partial charge is 0.444 e. The molecule has 1 heterocycles. The maximum Gasteiger partial charge on any atom is 0.407 e. The number of amides is 1. The first kappa shape index (κ1) is 16.1. The molecule has 1 fully saturated rings. The Labute approximate surface area is 140 Å². The summed E-state index contributed by atoms with van der Waals surface area (Å²) < 4.78 is 6.51. The highest BCUT2D eigenvalue weighted by atomic mass is 32.1. The summed E-state index contributed by atoms with van der Waals surface area (Å²) in [7, 11) is 0. The Kier molecular flexibility index (Phi) is 4.43. The third-order valence-electron chi connectivity index (χ3n) is 3.86. The molecule has 2 atom stereocenters. The quantitative estimate of drug-likeness (QED) is 0.885. The van der Waals surface area contributed by atoms with Crippen LogP contribution in [0.4, 0.5) is 10.5 Å². The van der Waals surface area contributed by atoms with E-state index in [-0.39, 0.29) is 12.1 Å².